The Morgan fingerprint density at radius 3 is 2.43 bits per heavy atom. The van der Waals surface area contributed by atoms with E-state index in [1.807, 2.05) is 50.2 Å². The minimum Gasteiger partial charge on any atom is -0.489 e. The summed E-state index contributed by atoms with van der Waals surface area (Å²) < 4.78 is 21.2. The van der Waals surface area contributed by atoms with Gasteiger partial charge in [-0.1, -0.05) is 50.2 Å². The van der Waals surface area contributed by atoms with Crippen molar-refractivity contribution in [2.45, 2.75) is 46.8 Å². The molecule has 0 saturated heterocycles. The number of ether oxygens (including phenoxy) is 1. The molecule has 4 aromatic rings. The summed E-state index contributed by atoms with van der Waals surface area (Å²) in [7, 11) is 0. The van der Waals surface area contributed by atoms with Crippen LogP contribution in [0, 0.1) is 19.7 Å². The standard InChI is InChI=1S/C29H30FN3O2/c1-19(2)24-11-13-27(14-12-24)35-18-23-8-5-9-25(15-23)29(34)31-28-20(3)32-33(21(28)4)17-22-7-6-10-26(30)16-22/h5-16,19H,17-18H2,1-4H3,(H,31,34). The second kappa shape index (κ2) is 10.6. The highest BCUT2D eigenvalue weighted by atomic mass is 19.1. The first-order valence-electron chi connectivity index (χ1n) is 11.7. The maximum absolute atomic E-state index is 13.5. The number of carbonyl (C=O) groups is 1. The largest absolute Gasteiger partial charge is 0.489 e. The number of nitrogens with zero attached hydrogens (tertiary/aromatic N) is 2. The summed E-state index contributed by atoms with van der Waals surface area (Å²) in [5.74, 6) is 0.764. The van der Waals surface area contributed by atoms with Gasteiger partial charge in [0.15, 0.2) is 0 Å². The molecule has 1 heterocycles. The van der Waals surface area contributed by atoms with Crippen LogP contribution in [0.25, 0.3) is 0 Å². The molecule has 180 valence electrons. The van der Waals surface area contributed by atoms with Crippen LogP contribution in [0.15, 0.2) is 72.8 Å². The molecule has 3 aromatic carbocycles. The Labute approximate surface area is 205 Å². The van der Waals surface area contributed by atoms with Gasteiger partial charge < -0.3 is 10.1 Å². The lowest BCUT2D eigenvalue weighted by Gasteiger charge is -2.11. The molecule has 6 heteroatoms. The van der Waals surface area contributed by atoms with Gasteiger partial charge in [0.25, 0.3) is 5.91 Å². The molecule has 0 fully saturated rings. The maximum atomic E-state index is 13.5. The number of carbonyl (C=O) groups excluding carboxylic acids is 1. The Morgan fingerprint density at radius 1 is 1.00 bits per heavy atom. The summed E-state index contributed by atoms with van der Waals surface area (Å²) in [6.45, 7) is 8.84. The summed E-state index contributed by atoms with van der Waals surface area (Å²) in [4.78, 5) is 13.0. The SMILES string of the molecule is Cc1nn(Cc2cccc(F)c2)c(C)c1NC(=O)c1cccc(COc2ccc(C(C)C)cc2)c1. The number of nitrogens with one attached hydrogen (secondary N) is 1. The van der Waals surface area contributed by atoms with Gasteiger partial charge in [0, 0.05) is 5.56 Å². The molecule has 0 spiro atoms. The number of halogens is 1. The molecule has 0 aliphatic carbocycles. The van der Waals surface area contributed by atoms with Crippen LogP contribution in [0.5, 0.6) is 5.75 Å². The highest BCUT2D eigenvalue weighted by Crippen LogP contribution is 2.23. The molecule has 1 aromatic heterocycles. The number of rotatable bonds is 8. The van der Waals surface area contributed by atoms with Crippen molar-refractivity contribution in [2.24, 2.45) is 0 Å². The van der Waals surface area contributed by atoms with Gasteiger partial charge in [-0.2, -0.15) is 5.10 Å². The van der Waals surface area contributed by atoms with Gasteiger partial charge >= 0.3 is 0 Å². The average molecular weight is 472 g/mol. The maximum Gasteiger partial charge on any atom is 0.255 e. The van der Waals surface area contributed by atoms with Crippen LogP contribution in [0.4, 0.5) is 10.1 Å². The first-order valence-corrected chi connectivity index (χ1v) is 11.7. The summed E-state index contributed by atoms with van der Waals surface area (Å²) in [5, 5.41) is 7.53. The van der Waals surface area contributed by atoms with Crippen molar-refractivity contribution in [3.05, 3.63) is 112 Å². The van der Waals surface area contributed by atoms with Crippen molar-refractivity contribution < 1.29 is 13.9 Å². The van der Waals surface area contributed by atoms with Crippen LogP contribution in [-0.4, -0.2) is 15.7 Å². The van der Waals surface area contributed by atoms with Crippen molar-refractivity contribution in [1.82, 2.24) is 9.78 Å². The van der Waals surface area contributed by atoms with E-state index in [0.29, 0.717) is 36.0 Å². The van der Waals surface area contributed by atoms with Crippen LogP contribution < -0.4 is 10.1 Å². The van der Waals surface area contributed by atoms with E-state index < -0.39 is 0 Å². The molecule has 0 atom stereocenters. The molecule has 0 bridgehead atoms. The predicted octanol–water partition coefficient (Wildman–Crippen LogP) is 6.64. The number of hydrogen-bond donors (Lipinski definition) is 1. The fourth-order valence-electron chi connectivity index (χ4n) is 3.94. The molecular weight excluding hydrogens is 441 g/mol. The number of amides is 1. The quantitative estimate of drug-likeness (QED) is 0.313. The van der Waals surface area contributed by atoms with E-state index >= 15 is 0 Å². The fraction of sp³-hybridized carbons (Fsp3) is 0.241. The molecular formula is C29H30FN3O2. The van der Waals surface area contributed by atoms with Crippen LogP contribution in [0.2, 0.25) is 0 Å². The molecule has 35 heavy (non-hydrogen) atoms. The smallest absolute Gasteiger partial charge is 0.255 e. The van der Waals surface area contributed by atoms with E-state index in [4.69, 9.17) is 4.74 Å². The number of hydrogen-bond acceptors (Lipinski definition) is 3. The molecule has 4 rings (SSSR count). The fourth-order valence-corrected chi connectivity index (χ4v) is 3.94. The van der Waals surface area contributed by atoms with Gasteiger partial charge in [-0.15, -0.1) is 0 Å². The molecule has 0 aliphatic heterocycles. The van der Waals surface area contributed by atoms with Crippen LogP contribution in [0.3, 0.4) is 0 Å². The molecule has 5 nitrogen and oxygen atoms in total. The van der Waals surface area contributed by atoms with Gasteiger partial charge in [-0.05, 0) is 72.9 Å². The lowest BCUT2D eigenvalue weighted by molar-refractivity contribution is 0.102. The Bertz CT molecular complexity index is 1330. The summed E-state index contributed by atoms with van der Waals surface area (Å²) in [6.07, 6.45) is 0. The number of anilines is 1. The molecule has 0 unspecified atom stereocenters. The molecule has 1 amide bonds. The minimum atomic E-state index is -0.283. The summed E-state index contributed by atoms with van der Waals surface area (Å²) >= 11 is 0. The monoisotopic (exact) mass is 471 g/mol. The lowest BCUT2D eigenvalue weighted by atomic mass is 10.0. The zero-order valence-electron chi connectivity index (χ0n) is 20.5. The Hall–Kier alpha value is -3.93. The van der Waals surface area contributed by atoms with E-state index in [-0.39, 0.29) is 11.7 Å². The first kappa shape index (κ1) is 24.2. The lowest BCUT2D eigenvalue weighted by Crippen LogP contribution is -2.14. The first-order chi connectivity index (χ1) is 16.8. The highest BCUT2D eigenvalue weighted by molar-refractivity contribution is 6.05. The van der Waals surface area contributed by atoms with Crippen LogP contribution >= 0.6 is 0 Å². The zero-order chi connectivity index (χ0) is 24.9. The van der Waals surface area contributed by atoms with Crippen LogP contribution in [-0.2, 0) is 13.2 Å². The summed E-state index contributed by atoms with van der Waals surface area (Å²) in [6, 6.07) is 21.9. The van der Waals surface area contributed by atoms with Crippen molar-refractivity contribution in [3.63, 3.8) is 0 Å². The predicted molar refractivity (Wildman–Crippen MR) is 136 cm³/mol. The van der Waals surface area contributed by atoms with Crippen LogP contribution in [0.1, 0.15) is 58.2 Å². The van der Waals surface area contributed by atoms with E-state index in [0.717, 1.165) is 22.6 Å². The third-order valence-electron chi connectivity index (χ3n) is 5.98. The molecule has 1 N–H and O–H groups in total. The van der Waals surface area contributed by atoms with Gasteiger partial charge in [0.1, 0.15) is 18.2 Å². The normalized spacial score (nSPS) is 11.0. The van der Waals surface area contributed by atoms with Gasteiger partial charge in [-0.3, -0.25) is 9.48 Å². The van der Waals surface area contributed by atoms with E-state index in [1.165, 1.54) is 17.7 Å². The van der Waals surface area contributed by atoms with Gasteiger partial charge in [-0.25, -0.2) is 4.39 Å². The molecule has 0 radical (unpaired) electrons. The Morgan fingerprint density at radius 2 is 1.71 bits per heavy atom. The molecule has 0 aliphatic rings. The Kier molecular flexibility index (Phi) is 7.30. The highest BCUT2D eigenvalue weighted by Gasteiger charge is 2.16. The van der Waals surface area contributed by atoms with E-state index in [9.17, 15) is 9.18 Å². The van der Waals surface area contributed by atoms with Crippen molar-refractivity contribution in [1.29, 1.82) is 0 Å². The van der Waals surface area contributed by atoms with Crippen molar-refractivity contribution in [3.8, 4) is 5.75 Å². The Balaban J connectivity index is 1.43. The van der Waals surface area contributed by atoms with E-state index in [1.54, 1.807) is 16.8 Å². The number of benzene rings is 3. The van der Waals surface area contributed by atoms with Gasteiger partial charge in [0.05, 0.1) is 23.6 Å². The topological polar surface area (TPSA) is 56.2 Å². The third-order valence-corrected chi connectivity index (χ3v) is 5.98. The van der Waals surface area contributed by atoms with Crippen molar-refractivity contribution in [2.75, 3.05) is 5.32 Å². The zero-order valence-corrected chi connectivity index (χ0v) is 20.5. The average Bonchev–Trinajstić information content (AvgIpc) is 3.10. The summed E-state index contributed by atoms with van der Waals surface area (Å²) in [5.41, 5.74) is 5.69. The minimum absolute atomic E-state index is 0.218. The number of aromatic nitrogens is 2. The molecule has 0 saturated carbocycles. The van der Waals surface area contributed by atoms with Crippen molar-refractivity contribution >= 4 is 11.6 Å². The number of aryl methyl sites for hydroxylation is 1. The van der Waals surface area contributed by atoms with E-state index in [2.05, 4.69) is 36.4 Å². The third kappa shape index (κ3) is 5.96. The second-order valence-electron chi connectivity index (χ2n) is 9.00. The van der Waals surface area contributed by atoms with Gasteiger partial charge in [0.2, 0.25) is 0 Å². The second-order valence-corrected chi connectivity index (χ2v) is 9.00.